The van der Waals surface area contributed by atoms with Crippen molar-refractivity contribution in [3.05, 3.63) is 88.2 Å². The molecular weight excluding hydrogens is 702 g/mol. The van der Waals surface area contributed by atoms with Gasteiger partial charge in [0.2, 0.25) is 0 Å². The molecule has 2 aliphatic carbocycles. The molecule has 3 heterocycles. The molecule has 2 aliphatic heterocycles. The van der Waals surface area contributed by atoms with Crippen molar-refractivity contribution in [1.29, 1.82) is 0 Å². The molecule has 1 N–H and O–H groups in total. The first-order valence-electron chi connectivity index (χ1n) is 18.2. The van der Waals surface area contributed by atoms with E-state index in [2.05, 4.69) is 43.4 Å². The Morgan fingerprint density at radius 1 is 1.19 bits per heavy atom. The third-order valence-corrected chi connectivity index (χ3v) is 13.4. The minimum Gasteiger partial charge on any atom is -0.490 e. The number of aryl methyl sites for hydroxylation is 1. The Hall–Kier alpha value is -3.71. The minimum atomic E-state index is -3.55. The van der Waals surface area contributed by atoms with Crippen LogP contribution >= 0.6 is 11.6 Å². The standard InChI is InChI=1S/C39H48ClN5O6S/c1-26-6-4-8-35(50-3)32-12-9-29(32)21-44-24-39(15-5-7-27-18-31(40)11-13-33(27)39)25-51-36-14-10-28(19-34(36)44)37(46)42-52(48,23-26)43-38(47)30-20-41-45(22-30)16-17-49-2/h4,8,10-11,13-14,18-20,22,26,29,32,35H,5-7,9,12,15-17,21,23-25H2,1-3H3,(H,42,43,46,47,48)/b8-4+/t26-,29-,32+,35-,39-,52?/m0/s1. The normalized spacial score (nSPS) is 29.5. The second-order valence-corrected chi connectivity index (χ2v) is 17.3. The van der Waals surface area contributed by atoms with Crippen LogP contribution in [0.25, 0.3) is 0 Å². The van der Waals surface area contributed by atoms with Crippen molar-refractivity contribution in [2.75, 3.05) is 51.2 Å². The van der Waals surface area contributed by atoms with Gasteiger partial charge < -0.3 is 19.1 Å². The number of anilines is 1. The number of methoxy groups -OCH3 is 2. The molecule has 2 bridgehead atoms. The Balaban J connectivity index is 1.27. The number of fused-ring (bicyclic) bond motifs is 4. The van der Waals surface area contributed by atoms with Gasteiger partial charge in [0.05, 0.1) is 49.1 Å². The monoisotopic (exact) mass is 749 g/mol. The maximum absolute atomic E-state index is 14.6. The van der Waals surface area contributed by atoms with E-state index in [1.807, 2.05) is 25.1 Å². The van der Waals surface area contributed by atoms with Gasteiger partial charge in [-0.05, 0) is 97.7 Å². The summed E-state index contributed by atoms with van der Waals surface area (Å²) in [6.07, 6.45) is 12.8. The predicted octanol–water partition coefficient (Wildman–Crippen LogP) is 6.25. The summed E-state index contributed by atoms with van der Waals surface area (Å²) in [5, 5.41) is 4.95. The summed E-state index contributed by atoms with van der Waals surface area (Å²) in [6.45, 7) is 4.81. The Bertz CT molecular complexity index is 1970. The van der Waals surface area contributed by atoms with Crippen LogP contribution in [-0.4, -0.2) is 78.2 Å². The number of rotatable bonds is 6. The highest BCUT2D eigenvalue weighted by atomic mass is 35.5. The van der Waals surface area contributed by atoms with Gasteiger partial charge in [-0.25, -0.2) is 4.21 Å². The van der Waals surface area contributed by atoms with Gasteiger partial charge in [0.25, 0.3) is 11.8 Å². The number of benzene rings is 2. The van der Waals surface area contributed by atoms with Crippen LogP contribution in [0.15, 0.2) is 65.3 Å². The van der Waals surface area contributed by atoms with Gasteiger partial charge in [0.1, 0.15) is 15.7 Å². The van der Waals surface area contributed by atoms with Gasteiger partial charge >= 0.3 is 0 Å². The molecule has 1 fully saturated rings. The number of allylic oxidation sites excluding steroid dienone is 1. The molecule has 6 atom stereocenters. The van der Waals surface area contributed by atoms with Crippen LogP contribution in [0.3, 0.4) is 0 Å². The predicted molar refractivity (Wildman–Crippen MR) is 201 cm³/mol. The summed E-state index contributed by atoms with van der Waals surface area (Å²) in [7, 11) is -0.206. The molecule has 4 aliphatic rings. The van der Waals surface area contributed by atoms with Gasteiger partial charge in [-0.1, -0.05) is 36.7 Å². The van der Waals surface area contributed by atoms with E-state index in [4.69, 9.17) is 25.8 Å². The van der Waals surface area contributed by atoms with Crippen LogP contribution in [0, 0.1) is 17.8 Å². The average molecular weight is 750 g/mol. The van der Waals surface area contributed by atoms with E-state index in [1.165, 1.54) is 17.3 Å². The lowest BCUT2D eigenvalue weighted by atomic mass is 9.68. The summed E-state index contributed by atoms with van der Waals surface area (Å²) in [5.41, 5.74) is 3.58. The van der Waals surface area contributed by atoms with E-state index in [0.29, 0.717) is 50.3 Å². The molecular formula is C39H48ClN5O6S. The van der Waals surface area contributed by atoms with Gasteiger partial charge in [0, 0.05) is 49.5 Å². The quantitative estimate of drug-likeness (QED) is 0.294. The van der Waals surface area contributed by atoms with Gasteiger partial charge in [-0.15, -0.1) is 4.36 Å². The van der Waals surface area contributed by atoms with Crippen molar-refractivity contribution < 1.29 is 28.0 Å². The molecule has 0 saturated heterocycles. The number of carbonyl (C=O) groups excluding carboxylic acids is 2. The van der Waals surface area contributed by atoms with Crippen molar-refractivity contribution in [2.45, 2.75) is 63.5 Å². The number of nitrogens with one attached hydrogen (secondary N) is 1. The van der Waals surface area contributed by atoms with Crippen LogP contribution in [0.1, 0.15) is 70.9 Å². The van der Waals surface area contributed by atoms with Crippen molar-refractivity contribution in [3.8, 4) is 5.75 Å². The number of nitrogens with zero attached hydrogens (tertiary/aromatic N) is 4. The zero-order chi connectivity index (χ0) is 36.5. The van der Waals surface area contributed by atoms with Gasteiger partial charge in [-0.2, -0.15) is 5.10 Å². The molecule has 278 valence electrons. The van der Waals surface area contributed by atoms with Crippen molar-refractivity contribution in [3.63, 3.8) is 0 Å². The lowest BCUT2D eigenvalue weighted by molar-refractivity contribution is 0.0131. The first-order valence-corrected chi connectivity index (χ1v) is 20.3. The smallest absolute Gasteiger partial charge is 0.286 e. The highest BCUT2D eigenvalue weighted by Gasteiger charge is 2.44. The summed E-state index contributed by atoms with van der Waals surface area (Å²) in [5.74, 6) is -0.0277. The number of halogens is 1. The van der Waals surface area contributed by atoms with Crippen LogP contribution in [0.5, 0.6) is 5.75 Å². The largest absolute Gasteiger partial charge is 0.490 e. The number of carbonyl (C=O) groups is 2. The number of amides is 2. The molecule has 1 unspecified atom stereocenters. The first-order chi connectivity index (χ1) is 25.1. The number of ether oxygens (including phenoxy) is 3. The summed E-state index contributed by atoms with van der Waals surface area (Å²) >= 11 is 6.46. The highest BCUT2D eigenvalue weighted by molar-refractivity contribution is 7.92. The van der Waals surface area contributed by atoms with Crippen LogP contribution in [0.2, 0.25) is 5.02 Å². The molecule has 11 nitrogen and oxygen atoms in total. The molecule has 0 radical (unpaired) electrons. The minimum absolute atomic E-state index is 0.0115. The van der Waals surface area contributed by atoms with E-state index >= 15 is 0 Å². The molecule has 1 spiro atoms. The maximum atomic E-state index is 14.6. The van der Waals surface area contributed by atoms with Gasteiger partial charge in [-0.3, -0.25) is 19.0 Å². The second kappa shape index (κ2) is 15.3. The summed E-state index contributed by atoms with van der Waals surface area (Å²) in [6, 6.07) is 11.6. The third-order valence-electron chi connectivity index (χ3n) is 11.2. The number of hydrogen-bond acceptors (Lipinski definition) is 8. The summed E-state index contributed by atoms with van der Waals surface area (Å²) in [4.78, 5) is 29.8. The lowest BCUT2D eigenvalue weighted by Gasteiger charge is -2.46. The molecule has 13 heteroatoms. The van der Waals surface area contributed by atoms with E-state index in [1.54, 1.807) is 31.2 Å². The molecule has 1 saturated carbocycles. The Morgan fingerprint density at radius 2 is 2.06 bits per heavy atom. The third kappa shape index (κ3) is 7.67. The van der Waals surface area contributed by atoms with Crippen molar-refractivity contribution >= 4 is 39.0 Å². The topological polar surface area (TPSA) is 124 Å². The SMILES string of the molecule is COCCn1cc(C(=O)NS2(=O)=NC(=O)c3ccc4c(c3)N(C[C@@H]3CC[C@H]3[C@@H](OC)/C=C/C[C@H](C)C2)C[C@@]2(CCCc3cc(Cl)ccc32)CO4)cn1. The fourth-order valence-electron chi connectivity index (χ4n) is 8.36. The molecule has 7 rings (SSSR count). The van der Waals surface area contributed by atoms with Gasteiger partial charge in [0.15, 0.2) is 0 Å². The maximum Gasteiger partial charge on any atom is 0.286 e. The van der Waals surface area contributed by atoms with Crippen LogP contribution < -0.4 is 14.4 Å². The van der Waals surface area contributed by atoms with Crippen LogP contribution in [0.4, 0.5) is 5.69 Å². The summed E-state index contributed by atoms with van der Waals surface area (Å²) < 4.78 is 40.9. The van der Waals surface area contributed by atoms with E-state index in [9.17, 15) is 13.8 Å². The van der Waals surface area contributed by atoms with E-state index in [0.717, 1.165) is 49.4 Å². The Labute approximate surface area is 311 Å². The lowest BCUT2D eigenvalue weighted by Crippen LogP contribution is -2.49. The molecule has 1 aromatic heterocycles. The molecule has 52 heavy (non-hydrogen) atoms. The fourth-order valence-corrected chi connectivity index (χ4v) is 10.4. The molecule has 3 aromatic rings. The Morgan fingerprint density at radius 3 is 2.85 bits per heavy atom. The van der Waals surface area contributed by atoms with E-state index < -0.39 is 21.7 Å². The van der Waals surface area contributed by atoms with E-state index in [-0.39, 0.29) is 34.3 Å². The second-order valence-electron chi connectivity index (χ2n) is 14.9. The number of hydrogen-bond donors (Lipinski definition) is 1. The van der Waals surface area contributed by atoms with Crippen molar-refractivity contribution in [2.24, 2.45) is 22.1 Å². The molecule has 2 amide bonds. The zero-order valence-electron chi connectivity index (χ0n) is 30.1. The fraction of sp³-hybridized carbons (Fsp3) is 0.513. The molecule has 2 aromatic carbocycles. The highest BCUT2D eigenvalue weighted by Crippen LogP contribution is 2.47. The number of aromatic nitrogens is 2. The zero-order valence-corrected chi connectivity index (χ0v) is 31.7. The first kappa shape index (κ1) is 36.6. The average Bonchev–Trinajstić information content (AvgIpc) is 3.53. The Kier molecular flexibility index (Phi) is 10.8. The van der Waals surface area contributed by atoms with Crippen molar-refractivity contribution in [1.82, 2.24) is 14.5 Å². The van der Waals surface area contributed by atoms with Crippen LogP contribution in [-0.2, 0) is 37.8 Å².